The molecule has 0 bridgehead atoms. The van der Waals surface area contributed by atoms with E-state index in [2.05, 4.69) is 5.32 Å². The number of nitrogens with one attached hydrogen (secondary N) is 2. The largest absolute Gasteiger partial charge is 0.379 e. The van der Waals surface area contributed by atoms with E-state index in [0.29, 0.717) is 10.7 Å². The molecule has 0 spiro atoms. The van der Waals surface area contributed by atoms with E-state index in [1.54, 1.807) is 24.3 Å². The van der Waals surface area contributed by atoms with Gasteiger partial charge in [-0.15, -0.1) is 0 Å². The van der Waals surface area contributed by atoms with Crippen LogP contribution in [-0.2, 0) is 4.79 Å². The van der Waals surface area contributed by atoms with E-state index < -0.39 is 0 Å². The number of anilines is 1. The van der Waals surface area contributed by atoms with Gasteiger partial charge in [0, 0.05) is 10.7 Å². The van der Waals surface area contributed by atoms with Crippen LogP contribution in [-0.4, -0.2) is 16.8 Å². The van der Waals surface area contributed by atoms with E-state index in [1.165, 1.54) is 0 Å². The lowest BCUT2D eigenvalue weighted by Gasteiger charge is -2.04. The standard InChI is InChI=1S/C9H10ClN3OS/c10-6-2-1-3-7(4-6)13-8(14)5-15-9(11)12/h1-4H,5H2,(H3,11,12)(H,13,14). The molecule has 0 fully saturated rings. The Labute approximate surface area is 96.7 Å². The van der Waals surface area contributed by atoms with Crippen LogP contribution in [0.3, 0.4) is 0 Å². The molecule has 0 aliphatic rings. The summed E-state index contributed by atoms with van der Waals surface area (Å²) in [4.78, 5) is 11.3. The number of rotatable bonds is 3. The highest BCUT2D eigenvalue weighted by atomic mass is 35.5. The zero-order valence-electron chi connectivity index (χ0n) is 7.79. The Hall–Kier alpha value is -1.20. The second-order valence-electron chi connectivity index (χ2n) is 2.71. The smallest absolute Gasteiger partial charge is 0.234 e. The number of halogens is 1. The topological polar surface area (TPSA) is 79.0 Å². The summed E-state index contributed by atoms with van der Waals surface area (Å²) in [5.74, 6) is -0.0838. The molecule has 6 heteroatoms. The first-order valence-corrected chi connectivity index (χ1v) is 5.46. The lowest BCUT2D eigenvalue weighted by Crippen LogP contribution is -2.17. The van der Waals surface area contributed by atoms with Crippen molar-refractivity contribution in [1.29, 1.82) is 5.41 Å². The Morgan fingerprint density at radius 2 is 2.33 bits per heavy atom. The molecule has 0 saturated heterocycles. The molecule has 80 valence electrons. The lowest BCUT2D eigenvalue weighted by molar-refractivity contribution is -0.113. The minimum Gasteiger partial charge on any atom is -0.379 e. The van der Waals surface area contributed by atoms with E-state index in [0.717, 1.165) is 11.8 Å². The van der Waals surface area contributed by atoms with Crippen LogP contribution in [0.15, 0.2) is 24.3 Å². The van der Waals surface area contributed by atoms with E-state index in [-0.39, 0.29) is 16.8 Å². The van der Waals surface area contributed by atoms with Gasteiger partial charge in [0.1, 0.15) is 0 Å². The predicted molar refractivity (Wildman–Crippen MR) is 64.5 cm³/mol. The molecule has 0 aliphatic carbocycles. The lowest BCUT2D eigenvalue weighted by atomic mass is 10.3. The number of amides is 1. The van der Waals surface area contributed by atoms with Crippen molar-refractivity contribution in [2.75, 3.05) is 11.1 Å². The number of carbonyl (C=O) groups excluding carboxylic acids is 1. The van der Waals surface area contributed by atoms with Gasteiger partial charge in [-0.1, -0.05) is 29.4 Å². The van der Waals surface area contributed by atoms with Gasteiger partial charge < -0.3 is 11.1 Å². The first kappa shape index (κ1) is 11.9. The SMILES string of the molecule is N=C(N)SCC(=O)Nc1cccc(Cl)c1. The van der Waals surface area contributed by atoms with Crippen LogP contribution >= 0.6 is 23.4 Å². The number of nitrogens with two attached hydrogens (primary N) is 1. The first-order chi connectivity index (χ1) is 7.08. The van der Waals surface area contributed by atoms with E-state index >= 15 is 0 Å². The van der Waals surface area contributed by atoms with Crippen LogP contribution in [0, 0.1) is 5.41 Å². The fraction of sp³-hybridized carbons (Fsp3) is 0.111. The summed E-state index contributed by atoms with van der Waals surface area (Å²) < 4.78 is 0. The molecule has 1 aromatic rings. The summed E-state index contributed by atoms with van der Waals surface area (Å²) in [6, 6.07) is 6.86. The molecule has 0 saturated carbocycles. The van der Waals surface area contributed by atoms with E-state index in [4.69, 9.17) is 22.7 Å². The predicted octanol–water partition coefficient (Wildman–Crippen LogP) is 1.91. The third-order valence-electron chi connectivity index (χ3n) is 1.47. The van der Waals surface area contributed by atoms with Gasteiger partial charge in [-0.3, -0.25) is 10.2 Å². The highest BCUT2D eigenvalue weighted by Gasteiger charge is 2.03. The molecule has 1 amide bonds. The number of carbonyl (C=O) groups is 1. The number of hydrogen-bond donors (Lipinski definition) is 3. The van der Waals surface area contributed by atoms with Crippen molar-refractivity contribution in [3.63, 3.8) is 0 Å². The molecular weight excluding hydrogens is 234 g/mol. The zero-order valence-corrected chi connectivity index (χ0v) is 9.36. The Kier molecular flexibility index (Phi) is 4.45. The maximum Gasteiger partial charge on any atom is 0.234 e. The number of benzene rings is 1. The number of amidine groups is 1. The van der Waals surface area contributed by atoms with Gasteiger partial charge in [0.05, 0.1) is 5.75 Å². The second-order valence-corrected chi connectivity index (χ2v) is 4.17. The van der Waals surface area contributed by atoms with Crippen LogP contribution < -0.4 is 11.1 Å². The van der Waals surface area contributed by atoms with Gasteiger partial charge in [0.2, 0.25) is 5.91 Å². The quantitative estimate of drug-likeness (QED) is 0.560. The molecule has 0 radical (unpaired) electrons. The highest BCUT2D eigenvalue weighted by molar-refractivity contribution is 8.14. The van der Waals surface area contributed by atoms with Crippen molar-refractivity contribution in [1.82, 2.24) is 0 Å². The van der Waals surface area contributed by atoms with Gasteiger partial charge in [-0.05, 0) is 18.2 Å². The van der Waals surface area contributed by atoms with Crippen molar-refractivity contribution in [3.8, 4) is 0 Å². The van der Waals surface area contributed by atoms with Gasteiger partial charge in [0.25, 0.3) is 0 Å². The number of hydrogen-bond acceptors (Lipinski definition) is 3. The second kappa shape index (κ2) is 5.63. The summed E-state index contributed by atoms with van der Waals surface area (Å²) in [6.07, 6.45) is 0. The van der Waals surface area contributed by atoms with E-state index in [1.807, 2.05) is 0 Å². The van der Waals surface area contributed by atoms with Crippen molar-refractivity contribution in [3.05, 3.63) is 29.3 Å². The molecule has 4 nitrogen and oxygen atoms in total. The monoisotopic (exact) mass is 243 g/mol. The van der Waals surface area contributed by atoms with Crippen molar-refractivity contribution in [2.24, 2.45) is 5.73 Å². The van der Waals surface area contributed by atoms with Crippen LogP contribution in [0.4, 0.5) is 5.69 Å². The van der Waals surface area contributed by atoms with Crippen molar-refractivity contribution >= 4 is 40.1 Å². The maximum atomic E-state index is 11.3. The molecule has 0 aromatic heterocycles. The van der Waals surface area contributed by atoms with Crippen LogP contribution in [0.1, 0.15) is 0 Å². The van der Waals surface area contributed by atoms with Gasteiger partial charge in [0.15, 0.2) is 5.17 Å². The molecule has 0 aliphatic heterocycles. The zero-order chi connectivity index (χ0) is 11.3. The number of thioether (sulfide) groups is 1. The van der Waals surface area contributed by atoms with Gasteiger partial charge in [-0.25, -0.2) is 0 Å². The summed E-state index contributed by atoms with van der Waals surface area (Å²) in [7, 11) is 0. The van der Waals surface area contributed by atoms with Crippen LogP contribution in [0.2, 0.25) is 5.02 Å². The molecule has 1 rings (SSSR count). The van der Waals surface area contributed by atoms with Gasteiger partial charge >= 0.3 is 0 Å². The minimum absolute atomic E-state index is 0.0729. The molecule has 15 heavy (non-hydrogen) atoms. The molecule has 0 atom stereocenters. The molecular formula is C9H10ClN3OS. The van der Waals surface area contributed by atoms with E-state index in [9.17, 15) is 4.79 Å². The Morgan fingerprint density at radius 1 is 1.60 bits per heavy atom. The fourth-order valence-corrected chi connectivity index (χ4v) is 1.46. The Morgan fingerprint density at radius 3 is 2.93 bits per heavy atom. The molecule has 1 aromatic carbocycles. The molecule has 4 N–H and O–H groups in total. The molecule has 0 heterocycles. The summed E-state index contributed by atoms with van der Waals surface area (Å²) in [5.41, 5.74) is 5.74. The Bertz CT molecular complexity index is 383. The van der Waals surface area contributed by atoms with Crippen molar-refractivity contribution in [2.45, 2.75) is 0 Å². The summed E-state index contributed by atoms with van der Waals surface area (Å²) in [5, 5.41) is 10.1. The van der Waals surface area contributed by atoms with Crippen molar-refractivity contribution < 1.29 is 4.79 Å². The fourth-order valence-electron chi connectivity index (χ4n) is 0.907. The van der Waals surface area contributed by atoms with Gasteiger partial charge in [-0.2, -0.15) is 0 Å². The average Bonchev–Trinajstić information content (AvgIpc) is 2.15. The average molecular weight is 244 g/mol. The third-order valence-corrected chi connectivity index (χ3v) is 2.42. The summed E-state index contributed by atoms with van der Waals surface area (Å²) >= 11 is 6.72. The summed E-state index contributed by atoms with van der Waals surface area (Å²) in [6.45, 7) is 0. The van der Waals surface area contributed by atoms with Crippen LogP contribution in [0.25, 0.3) is 0 Å². The normalized spacial score (nSPS) is 9.67. The highest BCUT2D eigenvalue weighted by Crippen LogP contribution is 2.15. The maximum absolute atomic E-state index is 11.3. The van der Waals surface area contributed by atoms with Crippen LogP contribution in [0.5, 0.6) is 0 Å². The molecule has 0 unspecified atom stereocenters. The minimum atomic E-state index is -0.211. The first-order valence-electron chi connectivity index (χ1n) is 4.10. The third kappa shape index (κ3) is 4.71. The Balaban J connectivity index is 2.48.